The summed E-state index contributed by atoms with van der Waals surface area (Å²) >= 11 is 0. The molecule has 8 nitrogen and oxygen atoms in total. The van der Waals surface area contributed by atoms with E-state index >= 15 is 0 Å². The van der Waals surface area contributed by atoms with E-state index in [1.165, 1.54) is 12.4 Å². The molecule has 0 saturated carbocycles. The van der Waals surface area contributed by atoms with Crippen molar-refractivity contribution in [2.45, 2.75) is 6.54 Å². The highest BCUT2D eigenvalue weighted by molar-refractivity contribution is 5.92. The van der Waals surface area contributed by atoms with Crippen molar-refractivity contribution in [1.29, 1.82) is 0 Å². The number of nitrogens with two attached hydrogens (primary N) is 1. The molecular formula is C11H15N7O. The van der Waals surface area contributed by atoms with E-state index in [4.69, 9.17) is 5.84 Å². The number of hydrazine groups is 1. The van der Waals surface area contributed by atoms with Crippen molar-refractivity contribution in [3.63, 3.8) is 0 Å². The highest BCUT2D eigenvalue weighted by atomic mass is 16.2. The number of nitrogens with zero attached hydrogens (tertiary/aromatic N) is 5. The SMILES string of the molecule is CN(Cc1cnn(C)c1)C(=O)c1cncc(NN)n1. The van der Waals surface area contributed by atoms with E-state index in [9.17, 15) is 4.79 Å². The van der Waals surface area contributed by atoms with Crippen molar-refractivity contribution < 1.29 is 4.79 Å². The number of aromatic nitrogens is 4. The van der Waals surface area contributed by atoms with Crippen LogP contribution in [-0.4, -0.2) is 37.6 Å². The number of hydrogen-bond acceptors (Lipinski definition) is 6. The highest BCUT2D eigenvalue weighted by Gasteiger charge is 2.15. The molecule has 2 rings (SSSR count). The van der Waals surface area contributed by atoms with Gasteiger partial charge >= 0.3 is 0 Å². The summed E-state index contributed by atoms with van der Waals surface area (Å²) in [5, 5.41) is 4.05. The summed E-state index contributed by atoms with van der Waals surface area (Å²) in [6, 6.07) is 0. The fourth-order valence-corrected chi connectivity index (χ4v) is 1.63. The molecule has 0 aromatic carbocycles. The maximum atomic E-state index is 12.2. The molecule has 8 heteroatoms. The zero-order valence-electron chi connectivity index (χ0n) is 10.7. The molecule has 0 aliphatic carbocycles. The van der Waals surface area contributed by atoms with Crippen LogP contribution in [0, 0.1) is 0 Å². The topological polar surface area (TPSA) is 102 Å². The molecule has 0 fully saturated rings. The number of amides is 1. The molecule has 0 atom stereocenters. The fraction of sp³-hybridized carbons (Fsp3) is 0.273. The Balaban J connectivity index is 2.09. The predicted octanol–water partition coefficient (Wildman–Crippen LogP) is -0.232. The Labute approximate surface area is 110 Å². The molecular weight excluding hydrogens is 246 g/mol. The van der Waals surface area contributed by atoms with E-state index in [0.717, 1.165) is 5.56 Å². The van der Waals surface area contributed by atoms with Gasteiger partial charge in [-0.3, -0.25) is 14.5 Å². The van der Waals surface area contributed by atoms with Gasteiger partial charge in [0.2, 0.25) is 0 Å². The van der Waals surface area contributed by atoms with Gasteiger partial charge in [-0.15, -0.1) is 0 Å². The number of aryl methyl sites for hydroxylation is 1. The summed E-state index contributed by atoms with van der Waals surface area (Å²) in [5.74, 6) is 5.35. The van der Waals surface area contributed by atoms with Crippen LogP contribution in [0.15, 0.2) is 24.8 Å². The second-order valence-corrected chi connectivity index (χ2v) is 4.12. The van der Waals surface area contributed by atoms with E-state index in [1.807, 2.05) is 13.2 Å². The summed E-state index contributed by atoms with van der Waals surface area (Å²) in [6.45, 7) is 0.453. The van der Waals surface area contributed by atoms with E-state index < -0.39 is 0 Å². The van der Waals surface area contributed by atoms with Gasteiger partial charge in [-0.2, -0.15) is 5.10 Å². The lowest BCUT2D eigenvalue weighted by molar-refractivity contribution is 0.0779. The van der Waals surface area contributed by atoms with Crippen LogP contribution in [0.4, 0.5) is 5.82 Å². The average molecular weight is 261 g/mol. The van der Waals surface area contributed by atoms with Gasteiger partial charge in [0.25, 0.3) is 5.91 Å². The molecule has 0 radical (unpaired) electrons. The Bertz CT molecular complexity index is 580. The molecule has 2 aromatic rings. The van der Waals surface area contributed by atoms with Crippen LogP contribution in [0.25, 0.3) is 0 Å². The van der Waals surface area contributed by atoms with Crippen LogP contribution < -0.4 is 11.3 Å². The fourth-order valence-electron chi connectivity index (χ4n) is 1.63. The third kappa shape index (κ3) is 3.05. The van der Waals surface area contributed by atoms with Crippen molar-refractivity contribution in [1.82, 2.24) is 24.6 Å². The zero-order chi connectivity index (χ0) is 13.8. The van der Waals surface area contributed by atoms with Gasteiger partial charge in [0.05, 0.1) is 18.6 Å². The number of carbonyl (C=O) groups is 1. The minimum atomic E-state index is -0.228. The first-order valence-electron chi connectivity index (χ1n) is 5.62. The second-order valence-electron chi connectivity index (χ2n) is 4.12. The molecule has 2 heterocycles. The van der Waals surface area contributed by atoms with Gasteiger partial charge < -0.3 is 10.3 Å². The van der Waals surface area contributed by atoms with Crippen LogP contribution in [0.3, 0.4) is 0 Å². The summed E-state index contributed by atoms with van der Waals surface area (Å²) in [4.78, 5) is 21.6. The standard InChI is InChI=1S/C11H15N7O/c1-17(6-8-3-14-18(2)7-8)11(19)9-4-13-5-10(15-9)16-12/h3-5,7H,6,12H2,1-2H3,(H,15,16). The van der Waals surface area contributed by atoms with Crippen LogP contribution in [0.5, 0.6) is 0 Å². The van der Waals surface area contributed by atoms with E-state index in [0.29, 0.717) is 12.4 Å². The molecule has 100 valence electrons. The predicted molar refractivity (Wildman–Crippen MR) is 68.8 cm³/mol. The summed E-state index contributed by atoms with van der Waals surface area (Å²) in [6.07, 6.45) is 6.42. The minimum Gasteiger partial charge on any atom is -0.336 e. The molecule has 0 unspecified atom stereocenters. The lowest BCUT2D eigenvalue weighted by Gasteiger charge is -2.15. The van der Waals surface area contributed by atoms with Gasteiger partial charge in [-0.1, -0.05) is 0 Å². The number of hydrogen-bond donors (Lipinski definition) is 2. The third-order valence-corrected chi connectivity index (χ3v) is 2.53. The summed E-state index contributed by atoms with van der Waals surface area (Å²) in [7, 11) is 3.52. The Hall–Kier alpha value is -2.48. The molecule has 1 amide bonds. The molecule has 0 aliphatic heterocycles. The first-order chi connectivity index (χ1) is 9.10. The van der Waals surface area contributed by atoms with Crippen LogP contribution in [0.2, 0.25) is 0 Å². The monoisotopic (exact) mass is 261 g/mol. The first-order valence-corrected chi connectivity index (χ1v) is 5.62. The van der Waals surface area contributed by atoms with Gasteiger partial charge in [0.15, 0.2) is 5.82 Å². The number of anilines is 1. The molecule has 0 saturated heterocycles. The Kier molecular flexibility index (Phi) is 3.71. The third-order valence-electron chi connectivity index (χ3n) is 2.53. The van der Waals surface area contributed by atoms with Crippen molar-refractivity contribution in [2.24, 2.45) is 12.9 Å². The number of nitrogen functional groups attached to an aromatic ring is 1. The zero-order valence-corrected chi connectivity index (χ0v) is 10.7. The molecule has 0 spiro atoms. The van der Waals surface area contributed by atoms with Gasteiger partial charge in [0.1, 0.15) is 5.69 Å². The normalized spacial score (nSPS) is 10.3. The second kappa shape index (κ2) is 5.44. The summed E-state index contributed by atoms with van der Waals surface area (Å²) in [5.41, 5.74) is 3.54. The van der Waals surface area contributed by atoms with Crippen LogP contribution >= 0.6 is 0 Å². The van der Waals surface area contributed by atoms with Crippen molar-refractivity contribution >= 4 is 11.7 Å². The first kappa shape index (κ1) is 13.0. The van der Waals surface area contributed by atoms with Gasteiger partial charge in [-0.05, 0) is 0 Å². The number of rotatable bonds is 4. The van der Waals surface area contributed by atoms with Crippen LogP contribution in [-0.2, 0) is 13.6 Å². The largest absolute Gasteiger partial charge is 0.336 e. The van der Waals surface area contributed by atoms with Crippen LogP contribution in [0.1, 0.15) is 16.1 Å². The average Bonchev–Trinajstić information content (AvgIpc) is 2.83. The Morgan fingerprint density at radius 3 is 2.89 bits per heavy atom. The smallest absolute Gasteiger partial charge is 0.274 e. The van der Waals surface area contributed by atoms with Gasteiger partial charge in [0, 0.05) is 32.4 Å². The maximum Gasteiger partial charge on any atom is 0.274 e. The Morgan fingerprint density at radius 2 is 2.26 bits per heavy atom. The lowest BCUT2D eigenvalue weighted by atomic mass is 10.3. The van der Waals surface area contributed by atoms with E-state index in [-0.39, 0.29) is 11.6 Å². The van der Waals surface area contributed by atoms with Crippen molar-refractivity contribution in [3.8, 4) is 0 Å². The highest BCUT2D eigenvalue weighted by Crippen LogP contribution is 2.07. The molecule has 19 heavy (non-hydrogen) atoms. The molecule has 0 bridgehead atoms. The molecule has 3 N–H and O–H groups in total. The maximum absolute atomic E-state index is 12.2. The number of nitrogens with one attached hydrogen (secondary N) is 1. The lowest BCUT2D eigenvalue weighted by Crippen LogP contribution is -2.27. The number of carbonyl (C=O) groups excluding carboxylic acids is 1. The molecule has 2 aromatic heterocycles. The molecule has 0 aliphatic rings. The summed E-state index contributed by atoms with van der Waals surface area (Å²) < 4.78 is 1.69. The van der Waals surface area contributed by atoms with Gasteiger partial charge in [-0.25, -0.2) is 10.8 Å². The quantitative estimate of drug-likeness (QED) is 0.582. The van der Waals surface area contributed by atoms with E-state index in [2.05, 4.69) is 20.5 Å². The van der Waals surface area contributed by atoms with Crippen molar-refractivity contribution in [2.75, 3.05) is 12.5 Å². The van der Waals surface area contributed by atoms with Crippen molar-refractivity contribution in [3.05, 3.63) is 36.0 Å². The Morgan fingerprint density at radius 1 is 1.47 bits per heavy atom. The minimum absolute atomic E-state index is 0.228. The van der Waals surface area contributed by atoms with E-state index in [1.54, 1.807) is 22.8 Å².